The number of pyridine rings is 1. The number of benzene rings is 1. The van der Waals surface area contributed by atoms with Gasteiger partial charge in [0.2, 0.25) is 0 Å². The smallest absolute Gasteiger partial charge is 0.162 e. The predicted octanol–water partition coefficient (Wildman–Crippen LogP) is 3.05. The number of nitrogens with one attached hydrogen (secondary N) is 1. The second-order valence-electron chi connectivity index (χ2n) is 4.03. The minimum absolute atomic E-state index is 0.611. The average molecular weight is 274 g/mol. The van der Waals surface area contributed by atoms with E-state index in [9.17, 15) is 0 Å². The van der Waals surface area contributed by atoms with Crippen molar-refractivity contribution in [3.63, 3.8) is 0 Å². The molecule has 0 spiro atoms. The fourth-order valence-electron chi connectivity index (χ4n) is 1.83. The van der Waals surface area contributed by atoms with E-state index in [1.807, 2.05) is 37.4 Å². The van der Waals surface area contributed by atoms with Gasteiger partial charge in [0, 0.05) is 23.0 Å². The zero-order valence-corrected chi connectivity index (χ0v) is 11.4. The summed E-state index contributed by atoms with van der Waals surface area (Å²) in [6.45, 7) is 1.23. The molecule has 98 valence electrons. The molecule has 0 bridgehead atoms. The van der Waals surface area contributed by atoms with Gasteiger partial charge >= 0.3 is 0 Å². The summed E-state index contributed by atoms with van der Waals surface area (Å²) in [7, 11) is 1.86. The van der Waals surface area contributed by atoms with Gasteiger partial charge in [-0.2, -0.15) is 0 Å². The Labute approximate surface area is 116 Å². The van der Waals surface area contributed by atoms with Crippen molar-refractivity contribution in [3.05, 3.63) is 36.5 Å². The van der Waals surface area contributed by atoms with E-state index in [-0.39, 0.29) is 0 Å². The number of rotatable bonds is 3. The van der Waals surface area contributed by atoms with E-state index in [0.717, 1.165) is 27.1 Å². The second kappa shape index (κ2) is 5.40. The normalized spacial score (nSPS) is 13.1. The summed E-state index contributed by atoms with van der Waals surface area (Å²) in [5.74, 6) is 2.50. The van der Waals surface area contributed by atoms with Gasteiger partial charge in [-0.05, 0) is 30.3 Å². The van der Waals surface area contributed by atoms with Crippen molar-refractivity contribution in [2.75, 3.05) is 25.6 Å². The zero-order valence-electron chi connectivity index (χ0n) is 10.6. The Hall–Kier alpha value is -1.88. The van der Waals surface area contributed by atoms with Crippen molar-refractivity contribution in [2.45, 2.75) is 9.79 Å². The summed E-state index contributed by atoms with van der Waals surface area (Å²) in [5.41, 5.74) is 0. The monoisotopic (exact) mass is 274 g/mol. The molecule has 1 N–H and O–H groups in total. The molecular formula is C14H14N2O2S. The molecule has 5 heteroatoms. The summed E-state index contributed by atoms with van der Waals surface area (Å²) in [6.07, 6.45) is 1.80. The number of aromatic nitrogens is 1. The molecule has 1 aliphatic heterocycles. The Morgan fingerprint density at radius 3 is 2.68 bits per heavy atom. The van der Waals surface area contributed by atoms with Crippen LogP contribution in [0.1, 0.15) is 0 Å². The Morgan fingerprint density at radius 1 is 1.05 bits per heavy atom. The Bertz CT molecular complexity index is 589. The average Bonchev–Trinajstić information content (AvgIpc) is 2.47. The van der Waals surface area contributed by atoms with E-state index in [1.54, 1.807) is 18.0 Å². The number of hydrogen-bond donors (Lipinski definition) is 1. The maximum Gasteiger partial charge on any atom is 0.162 e. The van der Waals surface area contributed by atoms with E-state index in [4.69, 9.17) is 9.47 Å². The lowest BCUT2D eigenvalue weighted by atomic mass is 10.3. The maximum absolute atomic E-state index is 5.58. The van der Waals surface area contributed by atoms with E-state index in [0.29, 0.717) is 13.2 Å². The first-order chi connectivity index (χ1) is 9.35. The molecule has 4 nitrogen and oxygen atoms in total. The molecule has 1 aromatic heterocycles. The van der Waals surface area contributed by atoms with Gasteiger partial charge in [0.05, 0.1) is 0 Å². The summed E-state index contributed by atoms with van der Waals surface area (Å²) in [5, 5.41) is 3.03. The summed E-state index contributed by atoms with van der Waals surface area (Å²) in [4.78, 5) is 6.46. The first-order valence-corrected chi connectivity index (χ1v) is 6.88. The highest BCUT2D eigenvalue weighted by molar-refractivity contribution is 7.99. The first kappa shape index (κ1) is 12.2. The number of hydrogen-bond acceptors (Lipinski definition) is 5. The van der Waals surface area contributed by atoms with Gasteiger partial charge in [-0.15, -0.1) is 0 Å². The Balaban J connectivity index is 1.82. The summed E-state index contributed by atoms with van der Waals surface area (Å²) in [6, 6.07) is 10.0. The van der Waals surface area contributed by atoms with Crippen molar-refractivity contribution in [1.29, 1.82) is 0 Å². The molecule has 0 saturated heterocycles. The van der Waals surface area contributed by atoms with Gasteiger partial charge in [0.15, 0.2) is 11.5 Å². The lowest BCUT2D eigenvalue weighted by Gasteiger charge is -2.18. The van der Waals surface area contributed by atoms with Gasteiger partial charge in [0.1, 0.15) is 19.0 Å². The second-order valence-corrected chi connectivity index (χ2v) is 5.18. The molecule has 19 heavy (non-hydrogen) atoms. The van der Waals surface area contributed by atoms with Crippen LogP contribution in [0, 0.1) is 0 Å². The minimum Gasteiger partial charge on any atom is -0.486 e. The van der Waals surface area contributed by atoms with Crippen molar-refractivity contribution >= 4 is 17.6 Å². The van der Waals surface area contributed by atoms with Crippen LogP contribution in [0.2, 0.25) is 0 Å². The molecular weight excluding hydrogens is 260 g/mol. The fraction of sp³-hybridized carbons (Fsp3) is 0.214. The fourth-order valence-corrected chi connectivity index (χ4v) is 2.71. The SMILES string of the molecule is CNc1cc(Sc2ccc3c(c2)OCCO3)ccn1. The molecule has 0 atom stereocenters. The molecule has 1 aromatic carbocycles. The van der Waals surface area contributed by atoms with Crippen LogP contribution in [0.15, 0.2) is 46.3 Å². The largest absolute Gasteiger partial charge is 0.486 e. The van der Waals surface area contributed by atoms with Crippen LogP contribution >= 0.6 is 11.8 Å². The van der Waals surface area contributed by atoms with Crippen molar-refractivity contribution in [2.24, 2.45) is 0 Å². The molecule has 0 radical (unpaired) electrons. The molecule has 0 fully saturated rings. The molecule has 0 aliphatic carbocycles. The van der Waals surface area contributed by atoms with Gasteiger partial charge < -0.3 is 14.8 Å². The molecule has 3 rings (SSSR count). The third-order valence-electron chi connectivity index (χ3n) is 2.74. The number of fused-ring (bicyclic) bond motifs is 1. The third-order valence-corrected chi connectivity index (χ3v) is 3.72. The number of ether oxygens (including phenoxy) is 2. The van der Waals surface area contributed by atoms with E-state index >= 15 is 0 Å². The van der Waals surface area contributed by atoms with Crippen LogP contribution in [0.25, 0.3) is 0 Å². The number of anilines is 1. The van der Waals surface area contributed by atoms with Gasteiger partial charge in [-0.1, -0.05) is 11.8 Å². The molecule has 0 amide bonds. The maximum atomic E-state index is 5.58. The molecule has 0 saturated carbocycles. The molecule has 2 aromatic rings. The van der Waals surface area contributed by atoms with Crippen molar-refractivity contribution in [1.82, 2.24) is 4.98 Å². The Morgan fingerprint density at radius 2 is 1.84 bits per heavy atom. The molecule has 0 unspecified atom stereocenters. The Kier molecular flexibility index (Phi) is 3.46. The standard InChI is InChI=1S/C14H14N2O2S/c1-15-14-9-11(4-5-16-14)19-10-2-3-12-13(8-10)18-7-6-17-12/h2-5,8-9H,6-7H2,1H3,(H,15,16). The number of nitrogens with zero attached hydrogens (tertiary/aromatic N) is 1. The van der Waals surface area contributed by atoms with Crippen LogP contribution in [0.5, 0.6) is 11.5 Å². The lowest BCUT2D eigenvalue weighted by molar-refractivity contribution is 0.171. The highest BCUT2D eigenvalue weighted by atomic mass is 32.2. The van der Waals surface area contributed by atoms with E-state index in [2.05, 4.69) is 10.3 Å². The highest BCUT2D eigenvalue weighted by Crippen LogP contribution is 2.36. The van der Waals surface area contributed by atoms with Gasteiger partial charge in [-0.25, -0.2) is 4.98 Å². The summed E-state index contributed by atoms with van der Waals surface area (Å²) < 4.78 is 11.1. The summed E-state index contributed by atoms with van der Waals surface area (Å²) >= 11 is 1.67. The predicted molar refractivity (Wildman–Crippen MR) is 75.3 cm³/mol. The lowest BCUT2D eigenvalue weighted by Crippen LogP contribution is -2.15. The van der Waals surface area contributed by atoms with Gasteiger partial charge in [-0.3, -0.25) is 0 Å². The zero-order chi connectivity index (χ0) is 13.1. The van der Waals surface area contributed by atoms with Crippen LogP contribution in [0.3, 0.4) is 0 Å². The van der Waals surface area contributed by atoms with Crippen LogP contribution in [-0.4, -0.2) is 25.2 Å². The quantitative estimate of drug-likeness (QED) is 0.932. The molecule has 2 heterocycles. The van der Waals surface area contributed by atoms with Crippen LogP contribution in [0.4, 0.5) is 5.82 Å². The van der Waals surface area contributed by atoms with E-state index in [1.165, 1.54) is 0 Å². The van der Waals surface area contributed by atoms with Gasteiger partial charge in [0.25, 0.3) is 0 Å². The van der Waals surface area contributed by atoms with E-state index < -0.39 is 0 Å². The topological polar surface area (TPSA) is 43.4 Å². The van der Waals surface area contributed by atoms with Crippen molar-refractivity contribution in [3.8, 4) is 11.5 Å². The van der Waals surface area contributed by atoms with Crippen LogP contribution in [-0.2, 0) is 0 Å². The van der Waals surface area contributed by atoms with Crippen LogP contribution < -0.4 is 14.8 Å². The third kappa shape index (κ3) is 2.76. The van der Waals surface area contributed by atoms with Crippen molar-refractivity contribution < 1.29 is 9.47 Å². The first-order valence-electron chi connectivity index (χ1n) is 6.06. The minimum atomic E-state index is 0.611. The molecule has 1 aliphatic rings. The highest BCUT2D eigenvalue weighted by Gasteiger charge is 2.12.